The minimum Gasteiger partial charge on any atom is -0.383 e. The van der Waals surface area contributed by atoms with Gasteiger partial charge in [-0.05, 0) is 33.6 Å². The second-order valence-electron chi connectivity index (χ2n) is 4.24. The van der Waals surface area contributed by atoms with Crippen LogP contribution in [0.2, 0.25) is 0 Å². The molecule has 2 aromatic rings. The van der Waals surface area contributed by atoms with Crippen LogP contribution in [-0.2, 0) is 11.3 Å². The molecule has 1 atom stereocenters. The molecule has 7 heteroatoms. The molecule has 0 aliphatic carbocycles. The van der Waals surface area contributed by atoms with Crippen LogP contribution in [0.4, 0.5) is 4.39 Å². The van der Waals surface area contributed by atoms with Crippen molar-refractivity contribution in [2.45, 2.75) is 12.6 Å². The minimum atomic E-state index is -0.288. The summed E-state index contributed by atoms with van der Waals surface area (Å²) < 4.78 is 20.7. The molecule has 0 amide bonds. The molecule has 1 aromatic heterocycles. The normalized spacial score (nSPS) is 12.6. The number of hydrogen-bond acceptors (Lipinski definition) is 4. The van der Waals surface area contributed by atoms with Crippen LogP contribution in [0.15, 0.2) is 34.9 Å². The van der Waals surface area contributed by atoms with E-state index in [2.05, 4.69) is 26.5 Å². The predicted molar refractivity (Wildman–Crippen MR) is 77.4 cm³/mol. The first-order chi connectivity index (χ1) is 9.67. The van der Waals surface area contributed by atoms with Gasteiger partial charge in [0.15, 0.2) is 0 Å². The number of rotatable bonds is 6. The molecule has 0 spiro atoms. The fourth-order valence-electron chi connectivity index (χ4n) is 2.00. The molecule has 0 fully saturated rings. The highest BCUT2D eigenvalue weighted by molar-refractivity contribution is 9.10. The molecule has 5 nitrogen and oxygen atoms in total. The Kier molecular flexibility index (Phi) is 5.24. The zero-order valence-electron chi connectivity index (χ0n) is 11.0. The number of nitrogens with one attached hydrogen (secondary N) is 1. The van der Waals surface area contributed by atoms with E-state index in [1.807, 2.05) is 4.68 Å². The van der Waals surface area contributed by atoms with Gasteiger partial charge in [0, 0.05) is 7.11 Å². The lowest BCUT2D eigenvalue weighted by Crippen LogP contribution is -2.31. The van der Waals surface area contributed by atoms with Crippen LogP contribution in [0.25, 0.3) is 0 Å². The van der Waals surface area contributed by atoms with Gasteiger partial charge in [-0.1, -0.05) is 12.1 Å². The highest BCUT2D eigenvalue weighted by Gasteiger charge is 2.20. The van der Waals surface area contributed by atoms with Gasteiger partial charge in [-0.2, -0.15) is 5.10 Å². The summed E-state index contributed by atoms with van der Waals surface area (Å²) in [7, 11) is 1.64. The fourth-order valence-corrected chi connectivity index (χ4v) is 2.53. The largest absolute Gasteiger partial charge is 0.383 e. The summed E-state index contributed by atoms with van der Waals surface area (Å²) >= 11 is 3.47. The molecule has 108 valence electrons. The Bertz CT molecular complexity index is 558. The number of nitrogens with zero attached hydrogens (tertiary/aromatic N) is 2. The van der Waals surface area contributed by atoms with Crippen molar-refractivity contribution >= 4 is 15.9 Å². The lowest BCUT2D eigenvalue weighted by atomic mass is 10.0. The first kappa shape index (κ1) is 15.1. The Morgan fingerprint density at radius 2 is 2.15 bits per heavy atom. The SMILES string of the molecule is COCCn1ncc(Br)c1C(NN)c1ccc(F)cc1. The minimum absolute atomic E-state index is 0.281. The molecule has 0 aliphatic heterocycles. The number of halogens is 2. The van der Waals surface area contributed by atoms with E-state index >= 15 is 0 Å². The first-order valence-corrected chi connectivity index (χ1v) is 6.88. The molecule has 20 heavy (non-hydrogen) atoms. The first-order valence-electron chi connectivity index (χ1n) is 6.09. The van der Waals surface area contributed by atoms with Crippen LogP contribution in [0.3, 0.4) is 0 Å². The average Bonchev–Trinajstić information content (AvgIpc) is 2.81. The number of benzene rings is 1. The Hall–Kier alpha value is -1.28. The van der Waals surface area contributed by atoms with Crippen LogP contribution < -0.4 is 11.3 Å². The molecule has 0 aliphatic rings. The Morgan fingerprint density at radius 3 is 2.75 bits per heavy atom. The topological polar surface area (TPSA) is 65.1 Å². The summed E-state index contributed by atoms with van der Waals surface area (Å²) in [4.78, 5) is 0. The standard InChI is InChI=1S/C13H16BrFN4O/c1-20-7-6-19-13(11(14)8-17-19)12(18-16)9-2-4-10(15)5-3-9/h2-5,8,12,18H,6-7,16H2,1H3. The van der Waals surface area contributed by atoms with E-state index in [-0.39, 0.29) is 11.9 Å². The van der Waals surface area contributed by atoms with Gasteiger partial charge in [0.05, 0.1) is 35.6 Å². The summed E-state index contributed by atoms with van der Waals surface area (Å²) in [6.45, 7) is 1.15. The van der Waals surface area contributed by atoms with E-state index < -0.39 is 0 Å². The summed E-state index contributed by atoms with van der Waals surface area (Å²) in [5, 5.41) is 4.29. The van der Waals surface area contributed by atoms with Crippen molar-refractivity contribution in [2.75, 3.05) is 13.7 Å². The summed E-state index contributed by atoms with van der Waals surface area (Å²) in [6, 6.07) is 5.91. The quantitative estimate of drug-likeness (QED) is 0.622. The zero-order chi connectivity index (χ0) is 14.5. The third-order valence-corrected chi connectivity index (χ3v) is 3.59. The van der Waals surface area contributed by atoms with Crippen molar-refractivity contribution in [2.24, 2.45) is 5.84 Å². The third kappa shape index (κ3) is 3.24. The van der Waals surface area contributed by atoms with Crippen molar-refractivity contribution in [1.82, 2.24) is 15.2 Å². The number of aromatic nitrogens is 2. The van der Waals surface area contributed by atoms with Gasteiger partial charge in [0.25, 0.3) is 0 Å². The highest BCUT2D eigenvalue weighted by atomic mass is 79.9. The van der Waals surface area contributed by atoms with Gasteiger partial charge in [0.2, 0.25) is 0 Å². The summed E-state index contributed by atoms with van der Waals surface area (Å²) in [5.41, 5.74) is 4.47. The van der Waals surface area contributed by atoms with E-state index in [1.165, 1.54) is 12.1 Å². The maximum Gasteiger partial charge on any atom is 0.123 e. The number of ether oxygens (including phenoxy) is 1. The average molecular weight is 343 g/mol. The second-order valence-corrected chi connectivity index (χ2v) is 5.10. The molecule has 3 N–H and O–H groups in total. The molecule has 0 saturated heterocycles. The Labute approximate surface area is 125 Å². The molecular formula is C13H16BrFN4O. The third-order valence-electron chi connectivity index (χ3n) is 2.98. The van der Waals surface area contributed by atoms with E-state index in [4.69, 9.17) is 10.6 Å². The zero-order valence-corrected chi connectivity index (χ0v) is 12.6. The summed E-state index contributed by atoms with van der Waals surface area (Å²) in [5.74, 6) is 5.38. The molecule has 0 bridgehead atoms. The van der Waals surface area contributed by atoms with Gasteiger partial charge in [-0.3, -0.25) is 10.5 Å². The van der Waals surface area contributed by atoms with Gasteiger partial charge in [-0.15, -0.1) is 0 Å². The van der Waals surface area contributed by atoms with Crippen molar-refractivity contribution in [3.63, 3.8) is 0 Å². The molecule has 0 saturated carbocycles. The van der Waals surface area contributed by atoms with Crippen LogP contribution in [0.1, 0.15) is 17.3 Å². The summed E-state index contributed by atoms with van der Waals surface area (Å²) in [6.07, 6.45) is 1.71. The van der Waals surface area contributed by atoms with E-state index in [1.54, 1.807) is 25.4 Å². The lowest BCUT2D eigenvalue weighted by Gasteiger charge is -2.19. The van der Waals surface area contributed by atoms with Crippen LogP contribution in [-0.4, -0.2) is 23.5 Å². The maximum absolute atomic E-state index is 13.0. The van der Waals surface area contributed by atoms with Gasteiger partial charge in [0.1, 0.15) is 5.82 Å². The van der Waals surface area contributed by atoms with Gasteiger partial charge >= 0.3 is 0 Å². The van der Waals surface area contributed by atoms with Crippen molar-refractivity contribution in [1.29, 1.82) is 0 Å². The molecule has 1 aromatic carbocycles. The van der Waals surface area contributed by atoms with Gasteiger partial charge < -0.3 is 4.74 Å². The smallest absolute Gasteiger partial charge is 0.123 e. The van der Waals surface area contributed by atoms with Crippen LogP contribution in [0.5, 0.6) is 0 Å². The second kappa shape index (κ2) is 6.94. The van der Waals surface area contributed by atoms with Gasteiger partial charge in [-0.25, -0.2) is 9.82 Å². The van der Waals surface area contributed by atoms with Crippen molar-refractivity contribution < 1.29 is 9.13 Å². The van der Waals surface area contributed by atoms with Crippen LogP contribution in [0, 0.1) is 5.82 Å². The molecular weight excluding hydrogens is 327 g/mol. The Morgan fingerprint density at radius 1 is 1.45 bits per heavy atom. The van der Waals surface area contributed by atoms with Crippen molar-refractivity contribution in [3.8, 4) is 0 Å². The number of nitrogens with two attached hydrogens (primary N) is 1. The highest BCUT2D eigenvalue weighted by Crippen LogP contribution is 2.28. The molecule has 0 radical (unpaired) electrons. The number of methoxy groups -OCH3 is 1. The predicted octanol–water partition coefficient (Wildman–Crippen LogP) is 1.98. The van der Waals surface area contributed by atoms with E-state index in [9.17, 15) is 4.39 Å². The van der Waals surface area contributed by atoms with Crippen molar-refractivity contribution in [3.05, 3.63) is 52.0 Å². The van der Waals surface area contributed by atoms with Crippen LogP contribution >= 0.6 is 15.9 Å². The lowest BCUT2D eigenvalue weighted by molar-refractivity contribution is 0.182. The molecule has 2 rings (SSSR count). The Balaban J connectivity index is 2.35. The maximum atomic E-state index is 13.0. The fraction of sp³-hybridized carbons (Fsp3) is 0.308. The molecule has 1 unspecified atom stereocenters. The van der Waals surface area contributed by atoms with E-state index in [0.29, 0.717) is 13.2 Å². The number of hydrazine groups is 1. The number of hydrogen-bond donors (Lipinski definition) is 2. The molecule has 1 heterocycles. The van der Waals surface area contributed by atoms with E-state index in [0.717, 1.165) is 15.7 Å². The monoisotopic (exact) mass is 342 g/mol.